The molecule has 2 heterocycles. The zero-order valence-electron chi connectivity index (χ0n) is 38.6. The van der Waals surface area contributed by atoms with Gasteiger partial charge in [-0.15, -0.1) is 19.4 Å². The summed E-state index contributed by atoms with van der Waals surface area (Å²) in [6.07, 6.45) is 23.9. The van der Waals surface area contributed by atoms with Crippen LogP contribution >= 0.6 is 23.5 Å². The van der Waals surface area contributed by atoms with Gasteiger partial charge in [-0.3, -0.25) is 24.2 Å². The molecule has 5 N–H and O–H groups in total. The predicted molar refractivity (Wildman–Crippen MR) is 264 cm³/mol. The van der Waals surface area contributed by atoms with Crippen molar-refractivity contribution in [1.29, 1.82) is 0 Å². The Kier molecular flexibility index (Phi) is 33.7. The number of aliphatic hydroxyl groups excluding tert-OH is 1. The lowest BCUT2D eigenvalue weighted by molar-refractivity contribution is -0.132. The maximum atomic E-state index is 13.7. The van der Waals surface area contributed by atoms with Crippen molar-refractivity contribution in [3.8, 4) is 12.8 Å². The van der Waals surface area contributed by atoms with Crippen LogP contribution in [0.2, 0.25) is 0 Å². The third-order valence-corrected chi connectivity index (χ3v) is 13.1. The maximum absolute atomic E-state index is 13.7. The molecule has 344 valence electrons. The number of rotatable bonds is 19. The molecule has 1 aromatic carbocycles. The van der Waals surface area contributed by atoms with Gasteiger partial charge in [0.25, 0.3) is 0 Å². The van der Waals surface area contributed by atoms with Crippen molar-refractivity contribution in [2.75, 3.05) is 23.7 Å². The molecule has 2 aliphatic rings. The summed E-state index contributed by atoms with van der Waals surface area (Å²) in [5.74, 6) is 1.76. The van der Waals surface area contributed by atoms with Crippen molar-refractivity contribution in [3.05, 3.63) is 89.1 Å². The fourth-order valence-electron chi connectivity index (χ4n) is 6.78. The number of hydrogen-bond donors (Lipinski definition) is 5. The van der Waals surface area contributed by atoms with E-state index in [4.69, 9.17) is 5.11 Å². The number of benzene rings is 1. The van der Waals surface area contributed by atoms with Gasteiger partial charge in [0.1, 0.15) is 12.1 Å². The molecule has 0 bridgehead atoms. The molecule has 1 saturated carbocycles. The molecule has 0 radical (unpaired) electrons. The number of nitrogens with zero attached hydrogens (tertiary/aromatic N) is 1. The summed E-state index contributed by atoms with van der Waals surface area (Å²) < 4.78 is 0. The number of carbonyl (C=O) groups excluding carboxylic acids is 4. The summed E-state index contributed by atoms with van der Waals surface area (Å²) in [6.45, 7) is 19.6. The van der Waals surface area contributed by atoms with E-state index >= 15 is 0 Å². The Morgan fingerprint density at radius 1 is 0.903 bits per heavy atom. The molecule has 1 aromatic heterocycles. The molecular formula is C50H77N5O5S2. The highest BCUT2D eigenvalue weighted by Crippen LogP contribution is 2.29. The first-order valence-corrected chi connectivity index (χ1v) is 24.4. The fourth-order valence-corrected chi connectivity index (χ4v) is 9.14. The number of allylic oxidation sites excluding steroid dienone is 2. The second kappa shape index (κ2) is 36.2. The van der Waals surface area contributed by atoms with Crippen molar-refractivity contribution in [3.63, 3.8) is 0 Å². The van der Waals surface area contributed by atoms with Crippen LogP contribution in [-0.4, -0.2) is 75.5 Å². The van der Waals surface area contributed by atoms with Crippen LogP contribution in [0.3, 0.4) is 0 Å². The van der Waals surface area contributed by atoms with Gasteiger partial charge in [-0.2, -0.15) is 23.5 Å². The van der Waals surface area contributed by atoms with Crippen LogP contribution in [0.5, 0.6) is 0 Å². The number of aliphatic hydroxyl groups is 1. The first-order chi connectivity index (χ1) is 30.0. The standard InChI is InChI=1S/C42H59N5O4.C3H6S2.C2H6.C2H2.CH4O/c1-7-16-35(41(50)47-38(29(3)8-2)42(51)44-28-37-21-14-15-26-43-37)24-25-36(27-33-18-10-9-11-19-33)46-40(49)32(6)45-39(48)31(5)22-23-34-20-13-12-17-30(34)4;1-2-5-3-4-1;3*1-2/h7,12-15,17,20-23,26,29,32-33,35-36,38H,1,4,8-11,16,18-19,24-25,27-28H2,2-3,5-6H3,(H,44,51)(H,45,48)(H,46,49)(H,47,50);1-3H2;1-2H3;1-2H;2H,1H3/b31-22+,34-23-;;;;/t29-,32+,35?,36-,38?;;;;/m1..../s1. The predicted octanol–water partition coefficient (Wildman–Crippen LogP) is 7.31. The summed E-state index contributed by atoms with van der Waals surface area (Å²) in [4.78, 5) is 57.7. The number of thioether (sulfide) groups is 2. The molecule has 1 aliphatic carbocycles. The average Bonchev–Trinajstić information content (AvgIpc) is 3.91. The molecule has 12 heteroatoms. The zero-order valence-corrected chi connectivity index (χ0v) is 40.3. The first-order valence-electron chi connectivity index (χ1n) is 22.1. The topological polar surface area (TPSA) is 150 Å². The van der Waals surface area contributed by atoms with E-state index in [1.807, 2.05) is 99.8 Å². The van der Waals surface area contributed by atoms with E-state index in [0.717, 1.165) is 48.9 Å². The normalized spacial score (nSPS) is 16.1. The smallest absolute Gasteiger partial charge is 0.247 e. The number of amides is 4. The van der Waals surface area contributed by atoms with E-state index in [1.165, 1.54) is 35.9 Å². The van der Waals surface area contributed by atoms with E-state index in [-0.39, 0.29) is 42.1 Å². The minimum Gasteiger partial charge on any atom is -0.400 e. The van der Waals surface area contributed by atoms with Crippen LogP contribution in [0.25, 0.3) is 12.7 Å². The maximum Gasteiger partial charge on any atom is 0.247 e. The number of pyridine rings is 1. The summed E-state index contributed by atoms with van der Waals surface area (Å²) in [7, 11) is 1.00. The molecule has 4 rings (SSSR count). The quantitative estimate of drug-likeness (QED) is 0.0561. The average molecular weight is 892 g/mol. The van der Waals surface area contributed by atoms with Crippen LogP contribution in [-0.2, 0) is 25.7 Å². The minimum atomic E-state index is -0.747. The van der Waals surface area contributed by atoms with Crippen molar-refractivity contribution in [2.24, 2.45) is 17.8 Å². The third kappa shape index (κ3) is 23.8. The number of carbonyl (C=O) groups is 4. The summed E-state index contributed by atoms with van der Waals surface area (Å²) in [5, 5.41) is 22.1. The van der Waals surface area contributed by atoms with Gasteiger partial charge < -0.3 is 26.4 Å². The molecule has 2 aromatic rings. The zero-order chi connectivity index (χ0) is 46.7. The van der Waals surface area contributed by atoms with Crippen molar-refractivity contribution >= 4 is 59.8 Å². The number of nitrogens with one attached hydrogen (secondary N) is 4. The largest absolute Gasteiger partial charge is 0.400 e. The molecule has 4 amide bonds. The molecule has 62 heavy (non-hydrogen) atoms. The van der Waals surface area contributed by atoms with Crippen LogP contribution in [0.1, 0.15) is 111 Å². The number of aromatic nitrogens is 1. The van der Waals surface area contributed by atoms with Gasteiger partial charge in [0, 0.05) is 47.4 Å². The van der Waals surface area contributed by atoms with Gasteiger partial charge in [0.15, 0.2) is 0 Å². The fraction of sp³-hybridized carbons (Fsp3) is 0.540. The highest BCUT2D eigenvalue weighted by atomic mass is 32.2. The van der Waals surface area contributed by atoms with Gasteiger partial charge >= 0.3 is 0 Å². The van der Waals surface area contributed by atoms with Gasteiger partial charge in [-0.05, 0) is 73.9 Å². The van der Waals surface area contributed by atoms with Gasteiger partial charge in [0.2, 0.25) is 23.6 Å². The van der Waals surface area contributed by atoms with E-state index in [9.17, 15) is 19.2 Å². The van der Waals surface area contributed by atoms with Gasteiger partial charge in [-0.1, -0.05) is 121 Å². The van der Waals surface area contributed by atoms with Crippen LogP contribution in [0, 0.1) is 30.6 Å². The lowest BCUT2D eigenvalue weighted by Crippen LogP contribution is -2.51. The van der Waals surface area contributed by atoms with Crippen LogP contribution < -0.4 is 31.7 Å². The Labute approximate surface area is 382 Å². The van der Waals surface area contributed by atoms with E-state index in [1.54, 1.807) is 32.2 Å². The second-order valence-corrected chi connectivity index (χ2v) is 17.6. The van der Waals surface area contributed by atoms with E-state index in [0.29, 0.717) is 30.8 Å². The molecule has 1 saturated heterocycles. The third-order valence-electron chi connectivity index (χ3n) is 10.5. The molecule has 2 unspecified atom stereocenters. The van der Waals surface area contributed by atoms with E-state index < -0.39 is 18.0 Å². The molecule has 5 atom stereocenters. The monoisotopic (exact) mass is 892 g/mol. The van der Waals surface area contributed by atoms with Crippen LogP contribution in [0.15, 0.2) is 73.0 Å². The Balaban J connectivity index is 0.00000302. The van der Waals surface area contributed by atoms with E-state index in [2.05, 4.69) is 52.3 Å². The highest BCUT2D eigenvalue weighted by Gasteiger charge is 2.30. The lowest BCUT2D eigenvalue weighted by atomic mass is 9.83. The minimum absolute atomic E-state index is 0.0760. The molecular weight excluding hydrogens is 815 g/mol. The van der Waals surface area contributed by atoms with Crippen molar-refractivity contribution in [1.82, 2.24) is 26.3 Å². The lowest BCUT2D eigenvalue weighted by Gasteiger charge is -2.30. The van der Waals surface area contributed by atoms with Crippen LogP contribution in [0.4, 0.5) is 0 Å². The Morgan fingerprint density at radius 2 is 1.55 bits per heavy atom. The van der Waals surface area contributed by atoms with Gasteiger partial charge in [-0.25, -0.2) is 0 Å². The van der Waals surface area contributed by atoms with Gasteiger partial charge in [0.05, 0.1) is 12.2 Å². The summed E-state index contributed by atoms with van der Waals surface area (Å²) in [6, 6.07) is 11.6. The first kappa shape index (κ1) is 57.7. The Morgan fingerprint density at radius 3 is 2.11 bits per heavy atom. The number of terminal acetylenes is 1. The Bertz CT molecular complexity index is 1720. The Hall–Kier alpha value is -4.31. The molecule has 0 spiro atoms. The number of hydrogen-bond acceptors (Lipinski definition) is 8. The molecule has 2 fully saturated rings. The summed E-state index contributed by atoms with van der Waals surface area (Å²) in [5.41, 5.74) is 1.22. The van der Waals surface area contributed by atoms with Crippen molar-refractivity contribution in [2.45, 2.75) is 130 Å². The SMILES string of the molecule is C#C.C1CSCS1.C=CCC(CC[C@H](CC1CCCCC1)NC(=O)[C@H](C)NC(=O)/C(C)=C/C=c1/ccccc1=C)C(=O)NC(C(=O)NCc1ccccn1)[C@H](C)CC.CC.CO. The summed E-state index contributed by atoms with van der Waals surface area (Å²) >= 11 is 4.07. The van der Waals surface area contributed by atoms with Crippen molar-refractivity contribution < 1.29 is 24.3 Å². The second-order valence-electron chi connectivity index (χ2n) is 15.0. The molecule has 1 aliphatic heterocycles. The highest BCUT2D eigenvalue weighted by molar-refractivity contribution is 8.19. The molecule has 10 nitrogen and oxygen atoms in total.